The number of hydrogen-bond acceptors (Lipinski definition) is 1. The SMILES string of the molecule is CC(Br)CC(C)NC(=O)Cc1cccc(F)c1. The maximum absolute atomic E-state index is 12.9. The standard InChI is InChI=1S/C13H17BrFNO/c1-9(14)6-10(2)16-13(17)8-11-4-3-5-12(15)7-11/h3-5,7,9-10H,6,8H2,1-2H3,(H,16,17). The van der Waals surface area contributed by atoms with Gasteiger partial charge in [0.15, 0.2) is 0 Å². The molecule has 94 valence electrons. The van der Waals surface area contributed by atoms with Gasteiger partial charge in [0.2, 0.25) is 5.91 Å². The zero-order valence-electron chi connectivity index (χ0n) is 10.0. The Hall–Kier alpha value is -0.900. The Morgan fingerprint density at radius 3 is 2.76 bits per heavy atom. The minimum absolute atomic E-state index is 0.0729. The zero-order valence-corrected chi connectivity index (χ0v) is 11.6. The fourth-order valence-electron chi connectivity index (χ4n) is 1.70. The van der Waals surface area contributed by atoms with Gasteiger partial charge in [0.25, 0.3) is 0 Å². The van der Waals surface area contributed by atoms with E-state index in [4.69, 9.17) is 0 Å². The highest BCUT2D eigenvalue weighted by Gasteiger charge is 2.10. The van der Waals surface area contributed by atoms with Gasteiger partial charge in [-0.05, 0) is 31.0 Å². The molecule has 17 heavy (non-hydrogen) atoms. The van der Waals surface area contributed by atoms with Crippen LogP contribution in [0.15, 0.2) is 24.3 Å². The molecule has 0 radical (unpaired) electrons. The van der Waals surface area contributed by atoms with Crippen LogP contribution in [0, 0.1) is 5.82 Å². The van der Waals surface area contributed by atoms with Gasteiger partial charge >= 0.3 is 0 Å². The number of amides is 1. The zero-order chi connectivity index (χ0) is 12.8. The number of halogens is 2. The number of alkyl halides is 1. The second-order valence-electron chi connectivity index (χ2n) is 4.29. The summed E-state index contributed by atoms with van der Waals surface area (Å²) in [6, 6.07) is 6.24. The van der Waals surface area contributed by atoms with Crippen LogP contribution in [0.2, 0.25) is 0 Å². The molecule has 2 unspecified atom stereocenters. The lowest BCUT2D eigenvalue weighted by molar-refractivity contribution is -0.121. The van der Waals surface area contributed by atoms with Gasteiger partial charge in [0.1, 0.15) is 5.82 Å². The summed E-state index contributed by atoms with van der Waals surface area (Å²) in [6.07, 6.45) is 1.09. The highest BCUT2D eigenvalue weighted by Crippen LogP contribution is 2.08. The number of benzene rings is 1. The quantitative estimate of drug-likeness (QED) is 0.832. The molecule has 0 bridgehead atoms. The van der Waals surface area contributed by atoms with Gasteiger partial charge in [-0.1, -0.05) is 35.0 Å². The monoisotopic (exact) mass is 301 g/mol. The van der Waals surface area contributed by atoms with Crippen molar-refractivity contribution in [3.05, 3.63) is 35.6 Å². The van der Waals surface area contributed by atoms with E-state index in [0.717, 1.165) is 6.42 Å². The molecule has 1 rings (SSSR count). The van der Waals surface area contributed by atoms with Crippen LogP contribution in [-0.4, -0.2) is 16.8 Å². The van der Waals surface area contributed by atoms with Crippen molar-refractivity contribution in [3.63, 3.8) is 0 Å². The van der Waals surface area contributed by atoms with E-state index in [9.17, 15) is 9.18 Å². The molecule has 2 atom stereocenters. The summed E-state index contributed by atoms with van der Waals surface area (Å²) < 4.78 is 12.9. The molecule has 1 aromatic carbocycles. The molecule has 0 spiro atoms. The van der Waals surface area contributed by atoms with Crippen molar-refractivity contribution in [1.82, 2.24) is 5.32 Å². The Morgan fingerprint density at radius 2 is 2.18 bits per heavy atom. The Labute approximate surface area is 110 Å². The van der Waals surface area contributed by atoms with Gasteiger partial charge in [0.05, 0.1) is 6.42 Å². The van der Waals surface area contributed by atoms with Crippen molar-refractivity contribution in [3.8, 4) is 0 Å². The molecular weight excluding hydrogens is 285 g/mol. The van der Waals surface area contributed by atoms with E-state index < -0.39 is 0 Å². The predicted octanol–water partition coefficient (Wildman–Crippen LogP) is 3.05. The third-order valence-electron chi connectivity index (χ3n) is 2.34. The molecule has 4 heteroatoms. The molecule has 0 heterocycles. The average Bonchev–Trinajstić information content (AvgIpc) is 2.14. The fourth-order valence-corrected chi connectivity index (χ4v) is 2.27. The molecule has 0 aliphatic carbocycles. The highest BCUT2D eigenvalue weighted by molar-refractivity contribution is 9.09. The van der Waals surface area contributed by atoms with E-state index in [1.54, 1.807) is 12.1 Å². The van der Waals surface area contributed by atoms with Gasteiger partial charge < -0.3 is 5.32 Å². The Balaban J connectivity index is 2.44. The molecular formula is C13H17BrFNO. The molecule has 0 aromatic heterocycles. The van der Waals surface area contributed by atoms with Crippen LogP contribution < -0.4 is 5.32 Å². The van der Waals surface area contributed by atoms with Gasteiger partial charge in [0, 0.05) is 10.9 Å². The second kappa shape index (κ2) is 6.74. The molecule has 1 N–H and O–H groups in total. The number of rotatable bonds is 5. The molecule has 0 fully saturated rings. The van der Waals surface area contributed by atoms with Crippen LogP contribution in [0.4, 0.5) is 4.39 Å². The lowest BCUT2D eigenvalue weighted by Gasteiger charge is -2.15. The first-order chi connectivity index (χ1) is 7.97. The van der Waals surface area contributed by atoms with Crippen molar-refractivity contribution in [1.29, 1.82) is 0 Å². The van der Waals surface area contributed by atoms with E-state index in [2.05, 4.69) is 21.2 Å². The van der Waals surface area contributed by atoms with E-state index in [0.29, 0.717) is 10.4 Å². The van der Waals surface area contributed by atoms with Crippen molar-refractivity contribution in [2.75, 3.05) is 0 Å². The van der Waals surface area contributed by atoms with E-state index in [1.165, 1.54) is 12.1 Å². The third kappa shape index (κ3) is 5.82. The molecule has 0 saturated heterocycles. The van der Waals surface area contributed by atoms with E-state index >= 15 is 0 Å². The molecule has 2 nitrogen and oxygen atoms in total. The van der Waals surface area contributed by atoms with Crippen LogP contribution in [-0.2, 0) is 11.2 Å². The molecule has 0 aliphatic rings. The van der Waals surface area contributed by atoms with Crippen molar-refractivity contribution in [2.24, 2.45) is 0 Å². The summed E-state index contributed by atoms with van der Waals surface area (Å²) in [6.45, 7) is 4.00. The van der Waals surface area contributed by atoms with Crippen molar-refractivity contribution < 1.29 is 9.18 Å². The maximum atomic E-state index is 12.9. The van der Waals surface area contributed by atoms with E-state index in [1.807, 2.05) is 13.8 Å². The third-order valence-corrected chi connectivity index (χ3v) is 2.71. The number of hydrogen-bond donors (Lipinski definition) is 1. The van der Waals surface area contributed by atoms with Crippen molar-refractivity contribution >= 4 is 21.8 Å². The Kier molecular flexibility index (Phi) is 5.62. The summed E-state index contributed by atoms with van der Waals surface area (Å²) in [7, 11) is 0. The largest absolute Gasteiger partial charge is 0.353 e. The number of nitrogens with one attached hydrogen (secondary N) is 1. The first-order valence-corrected chi connectivity index (χ1v) is 6.57. The summed E-state index contributed by atoms with van der Waals surface area (Å²) in [5.41, 5.74) is 0.696. The lowest BCUT2D eigenvalue weighted by atomic mass is 10.1. The van der Waals surface area contributed by atoms with Gasteiger partial charge in [-0.3, -0.25) is 4.79 Å². The van der Waals surface area contributed by atoms with Gasteiger partial charge in [-0.15, -0.1) is 0 Å². The topological polar surface area (TPSA) is 29.1 Å². The smallest absolute Gasteiger partial charge is 0.224 e. The number of carbonyl (C=O) groups excluding carboxylic acids is 1. The molecule has 1 aromatic rings. The first kappa shape index (κ1) is 14.2. The second-order valence-corrected chi connectivity index (χ2v) is 5.85. The lowest BCUT2D eigenvalue weighted by Crippen LogP contribution is -2.34. The van der Waals surface area contributed by atoms with Crippen LogP contribution in [0.5, 0.6) is 0 Å². The molecule has 0 saturated carbocycles. The molecule has 0 aliphatic heterocycles. The van der Waals surface area contributed by atoms with Gasteiger partial charge in [-0.2, -0.15) is 0 Å². The predicted molar refractivity (Wildman–Crippen MR) is 70.7 cm³/mol. The van der Waals surface area contributed by atoms with Crippen LogP contribution in [0.25, 0.3) is 0 Å². The van der Waals surface area contributed by atoms with Gasteiger partial charge in [-0.25, -0.2) is 4.39 Å². The minimum Gasteiger partial charge on any atom is -0.353 e. The average molecular weight is 302 g/mol. The summed E-state index contributed by atoms with van der Waals surface area (Å²) in [4.78, 5) is 12.0. The summed E-state index contributed by atoms with van der Waals surface area (Å²) >= 11 is 3.44. The summed E-state index contributed by atoms with van der Waals surface area (Å²) in [5.74, 6) is -0.381. The Morgan fingerprint density at radius 1 is 1.47 bits per heavy atom. The fraction of sp³-hybridized carbons (Fsp3) is 0.462. The van der Waals surface area contributed by atoms with Crippen molar-refractivity contribution in [2.45, 2.75) is 37.6 Å². The first-order valence-electron chi connectivity index (χ1n) is 5.65. The summed E-state index contributed by atoms with van der Waals surface area (Å²) in [5, 5.41) is 2.89. The van der Waals surface area contributed by atoms with E-state index in [-0.39, 0.29) is 24.2 Å². The minimum atomic E-state index is -0.308. The maximum Gasteiger partial charge on any atom is 0.224 e. The van der Waals surface area contributed by atoms with Crippen LogP contribution in [0.1, 0.15) is 25.8 Å². The van der Waals surface area contributed by atoms with Crippen LogP contribution >= 0.6 is 15.9 Å². The normalized spacial score (nSPS) is 14.1. The Bertz CT molecular complexity index is 381. The van der Waals surface area contributed by atoms with Crippen LogP contribution in [0.3, 0.4) is 0 Å². The number of carbonyl (C=O) groups is 1. The highest BCUT2D eigenvalue weighted by atomic mass is 79.9. The molecule has 1 amide bonds.